The minimum absolute atomic E-state index is 0.0622. The van der Waals surface area contributed by atoms with E-state index in [1.54, 1.807) is 0 Å². The van der Waals surface area contributed by atoms with Gasteiger partial charge in [0.25, 0.3) is 5.88 Å². The lowest BCUT2D eigenvalue weighted by atomic mass is 9.83. The molecule has 1 fully saturated rings. The monoisotopic (exact) mass is 303 g/mol. The Balaban J connectivity index is 1.94. The second-order valence-corrected chi connectivity index (χ2v) is 5.24. The summed E-state index contributed by atoms with van der Waals surface area (Å²) in [5, 5.41) is 3.36. The molecule has 0 unspecified atom stereocenters. The van der Waals surface area contributed by atoms with Crippen molar-refractivity contribution in [2.75, 3.05) is 25.6 Å². The number of nitrogens with zero attached hydrogens (tertiary/aromatic N) is 2. The summed E-state index contributed by atoms with van der Waals surface area (Å²) in [6.45, 7) is 1.31. The van der Waals surface area contributed by atoms with Crippen molar-refractivity contribution in [1.82, 2.24) is 9.97 Å². The maximum Gasteiger partial charge on any atom is 0.255 e. The molecule has 0 atom stereocenters. The molecule has 2 heterocycles. The average Bonchev–Trinajstić information content (AvgIpc) is 2.58. The molecule has 6 heteroatoms. The molecule has 0 radical (unpaired) electrons. The van der Waals surface area contributed by atoms with Crippen molar-refractivity contribution >= 4 is 5.95 Å². The summed E-state index contributed by atoms with van der Waals surface area (Å²) in [5.41, 5.74) is 0.827. The zero-order valence-electron chi connectivity index (χ0n) is 12.4. The highest BCUT2D eigenvalue weighted by atomic mass is 19.1. The Morgan fingerprint density at radius 3 is 2.64 bits per heavy atom. The lowest BCUT2D eigenvalue weighted by Crippen LogP contribution is -2.41. The topological polar surface area (TPSA) is 56.3 Å². The Morgan fingerprint density at radius 1 is 1.23 bits per heavy atom. The maximum absolute atomic E-state index is 13.5. The van der Waals surface area contributed by atoms with Crippen molar-refractivity contribution < 1.29 is 13.9 Å². The molecule has 116 valence electrons. The first-order valence-electron chi connectivity index (χ1n) is 7.21. The number of nitrogens with one attached hydrogen (secondary N) is 1. The van der Waals surface area contributed by atoms with Crippen molar-refractivity contribution in [1.29, 1.82) is 0 Å². The van der Waals surface area contributed by atoms with Crippen LogP contribution in [-0.2, 0) is 10.3 Å². The van der Waals surface area contributed by atoms with Gasteiger partial charge >= 0.3 is 0 Å². The standard InChI is InChI=1S/C16H18FN3O2/c1-21-14-13(17)11-18-15(19-14)20-16(7-9-22-10-8-16)12-5-3-2-4-6-12/h2-6,11H,7-10H2,1H3,(H,18,19,20). The van der Waals surface area contributed by atoms with Crippen LogP contribution in [0, 0.1) is 5.82 Å². The van der Waals surface area contributed by atoms with E-state index in [9.17, 15) is 4.39 Å². The summed E-state index contributed by atoms with van der Waals surface area (Å²) in [5.74, 6) is -0.287. The second-order valence-electron chi connectivity index (χ2n) is 5.24. The Labute approximate surface area is 128 Å². The molecule has 1 saturated heterocycles. The quantitative estimate of drug-likeness (QED) is 0.941. The number of benzene rings is 1. The molecule has 1 aliphatic heterocycles. The minimum Gasteiger partial charge on any atom is -0.479 e. The lowest BCUT2D eigenvalue weighted by molar-refractivity contribution is 0.0591. The number of anilines is 1. The van der Waals surface area contributed by atoms with E-state index in [0.29, 0.717) is 19.2 Å². The summed E-state index contributed by atoms with van der Waals surface area (Å²) >= 11 is 0. The number of hydrogen-bond acceptors (Lipinski definition) is 5. The van der Waals surface area contributed by atoms with Gasteiger partial charge in [-0.3, -0.25) is 0 Å². The third-order valence-electron chi connectivity index (χ3n) is 3.93. The summed E-state index contributed by atoms with van der Waals surface area (Å²) in [6, 6.07) is 10.1. The highest BCUT2D eigenvalue weighted by Gasteiger charge is 2.35. The van der Waals surface area contributed by atoms with Gasteiger partial charge in [-0.15, -0.1) is 0 Å². The molecule has 22 heavy (non-hydrogen) atoms. The van der Waals surface area contributed by atoms with E-state index in [0.717, 1.165) is 24.6 Å². The van der Waals surface area contributed by atoms with E-state index in [-0.39, 0.29) is 11.4 Å². The van der Waals surface area contributed by atoms with Gasteiger partial charge in [-0.25, -0.2) is 4.98 Å². The summed E-state index contributed by atoms with van der Waals surface area (Å²) in [4.78, 5) is 8.13. The van der Waals surface area contributed by atoms with Crippen LogP contribution >= 0.6 is 0 Å². The molecular formula is C16H18FN3O2. The number of ether oxygens (including phenoxy) is 2. The molecular weight excluding hydrogens is 285 g/mol. The lowest BCUT2D eigenvalue weighted by Gasteiger charge is -2.38. The minimum atomic E-state index is -0.575. The molecule has 0 aliphatic carbocycles. The zero-order chi connectivity index (χ0) is 15.4. The van der Waals surface area contributed by atoms with Gasteiger partial charge in [0.1, 0.15) is 0 Å². The van der Waals surface area contributed by atoms with Crippen LogP contribution in [0.2, 0.25) is 0 Å². The van der Waals surface area contributed by atoms with Gasteiger partial charge in [0, 0.05) is 13.2 Å². The molecule has 1 aromatic carbocycles. The molecule has 5 nitrogen and oxygen atoms in total. The van der Waals surface area contributed by atoms with Crippen LogP contribution in [-0.4, -0.2) is 30.3 Å². The first-order valence-corrected chi connectivity index (χ1v) is 7.21. The van der Waals surface area contributed by atoms with Crippen LogP contribution < -0.4 is 10.1 Å². The van der Waals surface area contributed by atoms with Gasteiger partial charge < -0.3 is 14.8 Å². The van der Waals surface area contributed by atoms with E-state index < -0.39 is 5.82 Å². The summed E-state index contributed by atoms with van der Waals surface area (Å²) < 4.78 is 23.9. The van der Waals surface area contributed by atoms with Gasteiger partial charge in [-0.2, -0.15) is 9.37 Å². The first-order chi connectivity index (χ1) is 10.7. The zero-order valence-corrected chi connectivity index (χ0v) is 12.4. The van der Waals surface area contributed by atoms with Gasteiger partial charge in [0.15, 0.2) is 0 Å². The fourth-order valence-corrected chi connectivity index (χ4v) is 2.73. The molecule has 1 N–H and O–H groups in total. The number of halogens is 1. The van der Waals surface area contributed by atoms with Gasteiger partial charge in [-0.05, 0) is 18.4 Å². The smallest absolute Gasteiger partial charge is 0.255 e. The van der Waals surface area contributed by atoms with Crippen molar-refractivity contribution in [3.8, 4) is 5.88 Å². The van der Waals surface area contributed by atoms with Crippen LogP contribution in [0.1, 0.15) is 18.4 Å². The molecule has 2 aromatic rings. The van der Waals surface area contributed by atoms with Gasteiger partial charge in [0.2, 0.25) is 11.8 Å². The van der Waals surface area contributed by atoms with Crippen LogP contribution in [0.5, 0.6) is 5.88 Å². The van der Waals surface area contributed by atoms with E-state index in [4.69, 9.17) is 9.47 Å². The number of rotatable bonds is 4. The number of aromatic nitrogens is 2. The summed E-state index contributed by atoms with van der Waals surface area (Å²) in [6.07, 6.45) is 2.70. The Bertz CT molecular complexity index is 631. The SMILES string of the molecule is COc1nc(NC2(c3ccccc3)CCOCC2)ncc1F. The predicted octanol–water partition coefficient (Wildman–Crippen LogP) is 2.74. The molecule has 0 saturated carbocycles. The van der Waals surface area contributed by atoms with Gasteiger partial charge in [0.05, 0.1) is 18.8 Å². The van der Waals surface area contributed by atoms with Crippen LogP contribution in [0.4, 0.5) is 10.3 Å². The second kappa shape index (κ2) is 6.27. The molecule has 3 rings (SSSR count). The largest absolute Gasteiger partial charge is 0.479 e. The normalized spacial score (nSPS) is 17.0. The first kappa shape index (κ1) is 14.7. The fraction of sp³-hybridized carbons (Fsp3) is 0.375. The fourth-order valence-electron chi connectivity index (χ4n) is 2.73. The van der Waals surface area contributed by atoms with Crippen LogP contribution in [0.3, 0.4) is 0 Å². The third kappa shape index (κ3) is 2.87. The Morgan fingerprint density at radius 2 is 1.95 bits per heavy atom. The predicted molar refractivity (Wildman–Crippen MR) is 80.3 cm³/mol. The highest BCUT2D eigenvalue weighted by Crippen LogP contribution is 2.35. The van der Waals surface area contributed by atoms with E-state index in [2.05, 4.69) is 27.4 Å². The molecule has 0 bridgehead atoms. The van der Waals surface area contributed by atoms with E-state index in [1.807, 2.05) is 18.2 Å². The third-order valence-corrected chi connectivity index (χ3v) is 3.93. The maximum atomic E-state index is 13.5. The van der Waals surface area contributed by atoms with Gasteiger partial charge in [-0.1, -0.05) is 30.3 Å². The highest BCUT2D eigenvalue weighted by molar-refractivity contribution is 5.39. The number of methoxy groups -OCH3 is 1. The molecule has 1 aromatic heterocycles. The Kier molecular flexibility index (Phi) is 4.20. The average molecular weight is 303 g/mol. The van der Waals surface area contributed by atoms with Crippen molar-refractivity contribution in [3.05, 3.63) is 47.9 Å². The summed E-state index contributed by atoms with van der Waals surface area (Å²) in [7, 11) is 1.39. The van der Waals surface area contributed by atoms with Crippen LogP contribution in [0.25, 0.3) is 0 Å². The van der Waals surface area contributed by atoms with Crippen molar-refractivity contribution in [2.45, 2.75) is 18.4 Å². The van der Waals surface area contributed by atoms with Crippen molar-refractivity contribution in [3.63, 3.8) is 0 Å². The molecule has 0 amide bonds. The molecule has 1 aliphatic rings. The van der Waals surface area contributed by atoms with E-state index in [1.165, 1.54) is 7.11 Å². The van der Waals surface area contributed by atoms with Crippen molar-refractivity contribution in [2.24, 2.45) is 0 Å². The Hall–Kier alpha value is -2.21. The molecule has 0 spiro atoms. The number of hydrogen-bond donors (Lipinski definition) is 1. The van der Waals surface area contributed by atoms with Crippen LogP contribution in [0.15, 0.2) is 36.5 Å². The van der Waals surface area contributed by atoms with E-state index >= 15 is 0 Å².